The highest BCUT2D eigenvalue weighted by molar-refractivity contribution is 5.91. The van der Waals surface area contributed by atoms with Gasteiger partial charge in [0.05, 0.1) is 31.9 Å². The van der Waals surface area contributed by atoms with Crippen LogP contribution in [0.4, 0.5) is 0 Å². The third-order valence-electron chi connectivity index (χ3n) is 2.66. The fourth-order valence-corrected chi connectivity index (χ4v) is 1.86. The Labute approximate surface area is 107 Å². The number of benzene rings is 1. The Morgan fingerprint density at radius 2 is 2.24 bits per heavy atom. The van der Waals surface area contributed by atoms with Crippen LogP contribution in [0.25, 0.3) is 0 Å². The number of nitrogens with one attached hydrogen (secondary N) is 1. The lowest BCUT2D eigenvalue weighted by Gasteiger charge is -2.25. The topological polar surface area (TPSA) is 47.6 Å². The maximum atomic E-state index is 11.6. The van der Waals surface area contributed by atoms with Crippen molar-refractivity contribution in [3.63, 3.8) is 0 Å². The molecule has 1 N–H and O–H groups in total. The minimum Gasteiger partial charge on any atom is -0.465 e. The van der Waals surface area contributed by atoms with E-state index in [9.17, 15) is 4.79 Å². The first-order valence-corrected chi connectivity index (χ1v) is 5.31. The summed E-state index contributed by atoms with van der Waals surface area (Å²) in [6.45, 7) is 2.12. The molecule has 17 heavy (non-hydrogen) atoms. The summed E-state index contributed by atoms with van der Waals surface area (Å²) in [6.07, 6.45) is 0. The first-order chi connectivity index (χ1) is 7.83. The molecular formula is C12H16ClNO3. The predicted molar refractivity (Wildman–Crippen MR) is 66.6 cm³/mol. The highest BCUT2D eigenvalue weighted by atomic mass is 35.5. The van der Waals surface area contributed by atoms with E-state index >= 15 is 0 Å². The molecule has 1 fully saturated rings. The third-order valence-corrected chi connectivity index (χ3v) is 2.66. The molecule has 0 spiro atoms. The van der Waals surface area contributed by atoms with E-state index in [1.165, 1.54) is 7.11 Å². The zero-order valence-electron chi connectivity index (χ0n) is 9.64. The third kappa shape index (κ3) is 3.19. The molecule has 94 valence electrons. The summed E-state index contributed by atoms with van der Waals surface area (Å²) in [7, 11) is 1.39. The molecule has 1 saturated heterocycles. The SMILES string of the molecule is COC(=O)c1ccccc1[C@H]1COCCN1.Cl. The van der Waals surface area contributed by atoms with Crippen LogP contribution < -0.4 is 5.32 Å². The van der Waals surface area contributed by atoms with Gasteiger partial charge in [0, 0.05) is 6.54 Å². The molecule has 0 unspecified atom stereocenters. The number of rotatable bonds is 2. The van der Waals surface area contributed by atoms with Crippen LogP contribution in [-0.4, -0.2) is 32.8 Å². The summed E-state index contributed by atoms with van der Waals surface area (Å²) in [5.74, 6) is -0.303. The lowest BCUT2D eigenvalue weighted by molar-refractivity contribution is 0.0587. The summed E-state index contributed by atoms with van der Waals surface area (Å²) in [4.78, 5) is 11.6. The number of hydrogen-bond donors (Lipinski definition) is 1. The van der Waals surface area contributed by atoms with Crippen LogP contribution in [0.1, 0.15) is 22.0 Å². The molecule has 0 amide bonds. The van der Waals surface area contributed by atoms with Crippen molar-refractivity contribution in [3.05, 3.63) is 35.4 Å². The van der Waals surface area contributed by atoms with Crippen molar-refractivity contribution in [1.29, 1.82) is 0 Å². The minimum absolute atomic E-state index is 0. The Kier molecular flexibility index (Phi) is 5.41. The summed E-state index contributed by atoms with van der Waals surface area (Å²) < 4.78 is 10.2. The molecule has 1 aliphatic rings. The van der Waals surface area contributed by atoms with Crippen LogP contribution in [0.3, 0.4) is 0 Å². The summed E-state index contributed by atoms with van der Waals surface area (Å²) in [5.41, 5.74) is 1.54. The number of ether oxygens (including phenoxy) is 2. The summed E-state index contributed by atoms with van der Waals surface area (Å²) in [5, 5.41) is 3.32. The largest absolute Gasteiger partial charge is 0.465 e. The fraction of sp³-hybridized carbons (Fsp3) is 0.417. The second kappa shape index (κ2) is 6.59. The fourth-order valence-electron chi connectivity index (χ4n) is 1.86. The number of carbonyl (C=O) groups excluding carboxylic acids is 1. The monoisotopic (exact) mass is 257 g/mol. The van der Waals surface area contributed by atoms with Crippen LogP contribution in [0, 0.1) is 0 Å². The van der Waals surface area contributed by atoms with Gasteiger partial charge in [0.2, 0.25) is 0 Å². The lowest BCUT2D eigenvalue weighted by atomic mass is 10.0. The van der Waals surface area contributed by atoms with Crippen LogP contribution in [0.15, 0.2) is 24.3 Å². The van der Waals surface area contributed by atoms with Crippen LogP contribution in [-0.2, 0) is 9.47 Å². The molecule has 0 aromatic heterocycles. The van der Waals surface area contributed by atoms with Crippen molar-refractivity contribution < 1.29 is 14.3 Å². The van der Waals surface area contributed by atoms with Crippen LogP contribution >= 0.6 is 12.4 Å². The van der Waals surface area contributed by atoms with Gasteiger partial charge in [-0.1, -0.05) is 18.2 Å². The maximum absolute atomic E-state index is 11.6. The Morgan fingerprint density at radius 3 is 2.88 bits per heavy atom. The highest BCUT2D eigenvalue weighted by Crippen LogP contribution is 2.20. The van der Waals surface area contributed by atoms with Gasteiger partial charge in [-0.2, -0.15) is 0 Å². The maximum Gasteiger partial charge on any atom is 0.338 e. The van der Waals surface area contributed by atoms with Gasteiger partial charge in [-0.15, -0.1) is 12.4 Å². The average molecular weight is 258 g/mol. The van der Waals surface area contributed by atoms with E-state index < -0.39 is 0 Å². The molecule has 4 nitrogen and oxygen atoms in total. The van der Waals surface area contributed by atoms with Crippen molar-refractivity contribution in [2.24, 2.45) is 0 Å². The van der Waals surface area contributed by atoms with E-state index in [2.05, 4.69) is 5.32 Å². The number of methoxy groups -OCH3 is 1. The molecular weight excluding hydrogens is 242 g/mol. The van der Waals surface area contributed by atoms with Crippen molar-refractivity contribution >= 4 is 18.4 Å². The highest BCUT2D eigenvalue weighted by Gasteiger charge is 2.21. The van der Waals surface area contributed by atoms with Gasteiger partial charge in [0.25, 0.3) is 0 Å². The van der Waals surface area contributed by atoms with E-state index in [0.717, 1.165) is 18.7 Å². The van der Waals surface area contributed by atoms with E-state index in [4.69, 9.17) is 9.47 Å². The molecule has 1 heterocycles. The van der Waals surface area contributed by atoms with Gasteiger partial charge >= 0.3 is 5.97 Å². The second-order valence-electron chi connectivity index (χ2n) is 3.66. The van der Waals surface area contributed by atoms with Crippen molar-refractivity contribution in [2.45, 2.75) is 6.04 Å². The Morgan fingerprint density at radius 1 is 1.47 bits per heavy atom. The van der Waals surface area contributed by atoms with Gasteiger partial charge in [-0.05, 0) is 11.6 Å². The second-order valence-corrected chi connectivity index (χ2v) is 3.66. The molecule has 5 heteroatoms. The lowest BCUT2D eigenvalue weighted by Crippen LogP contribution is -2.35. The Bertz CT molecular complexity index is 378. The summed E-state index contributed by atoms with van der Waals surface area (Å²) in [6, 6.07) is 7.53. The van der Waals surface area contributed by atoms with E-state index in [1.807, 2.05) is 18.2 Å². The number of esters is 1. The zero-order chi connectivity index (χ0) is 11.4. The normalized spacial score (nSPS) is 19.2. The average Bonchev–Trinajstić information content (AvgIpc) is 2.39. The molecule has 0 radical (unpaired) electrons. The van der Waals surface area contributed by atoms with Crippen molar-refractivity contribution in [1.82, 2.24) is 5.32 Å². The van der Waals surface area contributed by atoms with Gasteiger partial charge in [-0.3, -0.25) is 0 Å². The molecule has 2 rings (SSSR count). The van der Waals surface area contributed by atoms with Gasteiger partial charge < -0.3 is 14.8 Å². The minimum atomic E-state index is -0.303. The molecule has 1 aromatic rings. The van der Waals surface area contributed by atoms with E-state index in [0.29, 0.717) is 12.2 Å². The quantitative estimate of drug-likeness (QED) is 0.817. The summed E-state index contributed by atoms with van der Waals surface area (Å²) >= 11 is 0. The molecule has 0 saturated carbocycles. The zero-order valence-corrected chi connectivity index (χ0v) is 10.5. The van der Waals surface area contributed by atoms with E-state index in [1.54, 1.807) is 6.07 Å². The molecule has 1 aliphatic heterocycles. The first kappa shape index (κ1) is 14.0. The van der Waals surface area contributed by atoms with Gasteiger partial charge in [-0.25, -0.2) is 4.79 Å². The van der Waals surface area contributed by atoms with Gasteiger partial charge in [0.1, 0.15) is 0 Å². The Balaban J connectivity index is 0.00000144. The standard InChI is InChI=1S/C12H15NO3.ClH/c1-15-12(14)10-5-3-2-4-9(10)11-8-16-7-6-13-11;/h2-5,11,13H,6-8H2,1H3;1H/t11-;/m1./s1. The van der Waals surface area contributed by atoms with Crippen molar-refractivity contribution in [3.8, 4) is 0 Å². The first-order valence-electron chi connectivity index (χ1n) is 5.31. The van der Waals surface area contributed by atoms with Crippen LogP contribution in [0.5, 0.6) is 0 Å². The van der Waals surface area contributed by atoms with Gasteiger partial charge in [0.15, 0.2) is 0 Å². The van der Waals surface area contributed by atoms with Crippen molar-refractivity contribution in [2.75, 3.05) is 26.9 Å². The van der Waals surface area contributed by atoms with E-state index in [-0.39, 0.29) is 24.4 Å². The smallest absolute Gasteiger partial charge is 0.338 e. The molecule has 1 aromatic carbocycles. The number of morpholine rings is 1. The molecule has 0 bridgehead atoms. The predicted octanol–water partition coefficient (Wildman–Crippen LogP) is 1.56. The molecule has 0 aliphatic carbocycles. The van der Waals surface area contributed by atoms with Crippen LogP contribution in [0.2, 0.25) is 0 Å². The number of halogens is 1. The number of hydrogen-bond acceptors (Lipinski definition) is 4. The molecule has 1 atom stereocenters. The Hall–Kier alpha value is -1.10. The number of carbonyl (C=O) groups is 1.